The molecule has 0 bridgehead atoms. The lowest BCUT2D eigenvalue weighted by Gasteiger charge is -2.31. The maximum Gasteiger partial charge on any atom is 0.230 e. The zero-order chi connectivity index (χ0) is 23.9. The van der Waals surface area contributed by atoms with Crippen LogP contribution in [0.15, 0.2) is 36.8 Å². The van der Waals surface area contributed by atoms with Crippen LogP contribution in [0, 0.1) is 5.92 Å². The smallest absolute Gasteiger partial charge is 0.230 e. The van der Waals surface area contributed by atoms with Gasteiger partial charge in [-0.1, -0.05) is 13.0 Å². The summed E-state index contributed by atoms with van der Waals surface area (Å²) >= 11 is 0. The number of hydrogen-bond donors (Lipinski definition) is 3. The minimum Gasteiger partial charge on any atom is -0.395 e. The van der Waals surface area contributed by atoms with Gasteiger partial charge in [0.15, 0.2) is 0 Å². The van der Waals surface area contributed by atoms with E-state index in [1.807, 2.05) is 41.7 Å². The molecule has 35 heavy (non-hydrogen) atoms. The number of rotatable bonds is 5. The Morgan fingerprint density at radius 3 is 2.74 bits per heavy atom. The van der Waals surface area contributed by atoms with Gasteiger partial charge in [0.25, 0.3) is 0 Å². The maximum absolute atomic E-state index is 10.6. The lowest BCUT2D eigenvalue weighted by Crippen LogP contribution is -2.36. The number of anilines is 2. The van der Waals surface area contributed by atoms with Gasteiger partial charge in [-0.15, -0.1) is 0 Å². The van der Waals surface area contributed by atoms with Crippen molar-refractivity contribution >= 4 is 33.7 Å². The predicted octanol–water partition coefficient (Wildman–Crippen LogP) is 3.71. The van der Waals surface area contributed by atoms with Crippen LogP contribution in [0.1, 0.15) is 56.0 Å². The molecule has 0 saturated heterocycles. The number of hydrogen-bond acceptors (Lipinski definition) is 8. The van der Waals surface area contributed by atoms with Crippen LogP contribution in [-0.4, -0.2) is 59.3 Å². The summed E-state index contributed by atoms with van der Waals surface area (Å²) in [5.74, 6) is 1.86. The molecule has 1 aliphatic heterocycles. The highest BCUT2D eigenvalue weighted by Crippen LogP contribution is 2.38. The van der Waals surface area contributed by atoms with Crippen LogP contribution < -0.4 is 5.32 Å². The van der Waals surface area contributed by atoms with Crippen molar-refractivity contribution in [1.82, 2.24) is 29.4 Å². The first-order chi connectivity index (χ1) is 17.1. The van der Waals surface area contributed by atoms with Gasteiger partial charge in [0.1, 0.15) is 17.6 Å². The number of pyridine rings is 2. The summed E-state index contributed by atoms with van der Waals surface area (Å²) in [5.41, 5.74) is 3.67. The monoisotopic (exact) mass is 473 g/mol. The van der Waals surface area contributed by atoms with Crippen molar-refractivity contribution in [2.75, 3.05) is 25.0 Å². The second-order valence-electron chi connectivity index (χ2n) is 9.95. The first-order valence-electron chi connectivity index (χ1n) is 12.5. The van der Waals surface area contributed by atoms with Gasteiger partial charge in [0.05, 0.1) is 24.0 Å². The number of aliphatic hydroxyl groups is 2. The van der Waals surface area contributed by atoms with E-state index in [-0.39, 0.29) is 6.61 Å². The van der Waals surface area contributed by atoms with Gasteiger partial charge in [-0.3, -0.25) is 9.88 Å². The summed E-state index contributed by atoms with van der Waals surface area (Å²) < 4.78 is 2.36. The number of nitrogens with one attached hydrogen (secondary N) is 1. The number of fused-ring (bicyclic) bond motifs is 4. The van der Waals surface area contributed by atoms with E-state index in [1.165, 1.54) is 12.8 Å². The second-order valence-corrected chi connectivity index (χ2v) is 9.95. The summed E-state index contributed by atoms with van der Waals surface area (Å²) in [5, 5.41) is 25.3. The first kappa shape index (κ1) is 22.3. The number of aromatic nitrogens is 5. The van der Waals surface area contributed by atoms with E-state index in [2.05, 4.69) is 31.8 Å². The normalized spacial score (nSPS) is 23.0. The molecule has 3 N–H and O–H groups in total. The lowest BCUT2D eigenvalue weighted by molar-refractivity contribution is 0.0771. The topological polar surface area (TPSA) is 112 Å². The largest absolute Gasteiger partial charge is 0.395 e. The molecule has 4 aromatic heterocycles. The van der Waals surface area contributed by atoms with Crippen LogP contribution in [0.3, 0.4) is 0 Å². The molecule has 1 aliphatic carbocycles. The van der Waals surface area contributed by atoms with E-state index >= 15 is 0 Å². The zero-order valence-corrected chi connectivity index (χ0v) is 19.9. The van der Waals surface area contributed by atoms with E-state index < -0.39 is 6.10 Å². The zero-order valence-electron chi connectivity index (χ0n) is 19.9. The van der Waals surface area contributed by atoms with Crippen molar-refractivity contribution < 1.29 is 10.2 Å². The van der Waals surface area contributed by atoms with Crippen molar-refractivity contribution in [2.24, 2.45) is 5.92 Å². The van der Waals surface area contributed by atoms with Crippen LogP contribution >= 0.6 is 0 Å². The van der Waals surface area contributed by atoms with Crippen LogP contribution in [0.25, 0.3) is 21.9 Å². The highest BCUT2D eigenvalue weighted by atomic mass is 16.3. The van der Waals surface area contributed by atoms with Crippen molar-refractivity contribution in [2.45, 2.75) is 51.3 Å². The van der Waals surface area contributed by atoms with E-state index in [0.717, 1.165) is 46.3 Å². The Kier molecular flexibility index (Phi) is 5.83. The molecule has 0 aromatic carbocycles. The number of aliphatic hydroxyl groups excluding tert-OH is 2. The van der Waals surface area contributed by atoms with Crippen molar-refractivity contribution in [3.63, 3.8) is 0 Å². The fourth-order valence-electron chi connectivity index (χ4n) is 5.66. The molecule has 1 atom stereocenters. The highest BCUT2D eigenvalue weighted by Gasteiger charge is 2.26. The summed E-state index contributed by atoms with van der Waals surface area (Å²) in [6.45, 7) is 4.06. The molecule has 1 saturated carbocycles. The van der Waals surface area contributed by atoms with Crippen LogP contribution in [0.2, 0.25) is 0 Å². The molecule has 182 valence electrons. The third-order valence-corrected chi connectivity index (χ3v) is 7.51. The quantitative estimate of drug-likeness (QED) is 0.402. The van der Waals surface area contributed by atoms with E-state index in [0.29, 0.717) is 43.1 Å². The van der Waals surface area contributed by atoms with Crippen LogP contribution in [0.5, 0.6) is 0 Å². The van der Waals surface area contributed by atoms with E-state index in [4.69, 9.17) is 4.98 Å². The van der Waals surface area contributed by atoms with Gasteiger partial charge in [0.2, 0.25) is 5.95 Å². The summed E-state index contributed by atoms with van der Waals surface area (Å²) in [4.78, 5) is 20.6. The fraction of sp³-hybridized carbons (Fsp3) is 0.462. The molecule has 0 radical (unpaired) electrons. The van der Waals surface area contributed by atoms with Gasteiger partial charge < -0.3 is 20.1 Å². The summed E-state index contributed by atoms with van der Waals surface area (Å²) in [7, 11) is 0. The minimum absolute atomic E-state index is 0.0711. The molecule has 9 heteroatoms. The maximum atomic E-state index is 10.6. The summed E-state index contributed by atoms with van der Waals surface area (Å²) in [6.07, 6.45) is 9.67. The Morgan fingerprint density at radius 1 is 1.06 bits per heavy atom. The molecule has 0 spiro atoms. The molecule has 0 amide bonds. The van der Waals surface area contributed by atoms with Gasteiger partial charge in [-0.25, -0.2) is 9.97 Å². The van der Waals surface area contributed by atoms with Crippen LogP contribution in [-0.2, 0) is 6.54 Å². The van der Waals surface area contributed by atoms with Crippen molar-refractivity contribution in [3.05, 3.63) is 48.0 Å². The van der Waals surface area contributed by atoms with E-state index in [9.17, 15) is 10.2 Å². The van der Waals surface area contributed by atoms with E-state index in [1.54, 1.807) is 0 Å². The first-order valence-corrected chi connectivity index (χ1v) is 12.5. The fourth-order valence-corrected chi connectivity index (χ4v) is 5.66. The Labute approximate surface area is 203 Å². The van der Waals surface area contributed by atoms with Gasteiger partial charge >= 0.3 is 0 Å². The van der Waals surface area contributed by atoms with Gasteiger partial charge in [-0.2, -0.15) is 4.98 Å². The minimum atomic E-state index is -0.695. The number of nitrogens with zero attached hydrogens (tertiary/aromatic N) is 6. The molecular formula is C26H31N7O2. The molecule has 5 heterocycles. The molecule has 1 fully saturated rings. The molecule has 0 unspecified atom stereocenters. The number of β-amino-alcohol motifs (C(OH)–C–C–N with tert-alkyl or cyclic N) is 2. The Balaban J connectivity index is 1.35. The Hall–Kier alpha value is -3.14. The third kappa shape index (κ3) is 4.13. The van der Waals surface area contributed by atoms with Gasteiger partial charge in [-0.05, 0) is 49.3 Å². The average Bonchev–Trinajstić information content (AvgIpc) is 3.19. The third-order valence-electron chi connectivity index (χ3n) is 7.51. The SMILES string of the molecule is CC1CCC(n2c3cnccc3c3cnc(Nc4ccc5c(n4)[C@@H](O)CN(CCO)C5)nc32)CC1. The highest BCUT2D eigenvalue weighted by molar-refractivity contribution is 6.06. The van der Waals surface area contributed by atoms with Crippen molar-refractivity contribution in [1.29, 1.82) is 0 Å². The molecule has 2 aliphatic rings. The standard InChI is InChI=1S/C26H31N7O2/c1-16-2-5-18(6-3-16)33-21-13-27-9-8-19(21)20-12-28-26(31-25(20)33)30-23-7-4-17-14-32(10-11-34)15-22(35)24(17)29-23/h4,7-9,12-13,16,18,22,34-35H,2-3,5-6,10-11,14-15H2,1H3,(H,28,29,30,31)/t16?,18?,22-/m0/s1. The second kappa shape index (κ2) is 9.14. The lowest BCUT2D eigenvalue weighted by atomic mass is 9.87. The average molecular weight is 474 g/mol. The molecular weight excluding hydrogens is 442 g/mol. The Bertz CT molecular complexity index is 1360. The van der Waals surface area contributed by atoms with Gasteiger partial charge in [0, 0.05) is 48.8 Å². The predicted molar refractivity (Wildman–Crippen MR) is 134 cm³/mol. The molecule has 9 nitrogen and oxygen atoms in total. The van der Waals surface area contributed by atoms with Crippen molar-refractivity contribution in [3.8, 4) is 0 Å². The molecule has 4 aromatic rings. The molecule has 6 rings (SSSR count). The Morgan fingerprint density at radius 2 is 1.91 bits per heavy atom. The summed E-state index contributed by atoms with van der Waals surface area (Å²) in [6, 6.07) is 6.31. The van der Waals surface area contributed by atoms with Crippen LogP contribution in [0.4, 0.5) is 11.8 Å².